The van der Waals surface area contributed by atoms with Gasteiger partial charge in [0.1, 0.15) is 0 Å². The first-order valence-corrected chi connectivity index (χ1v) is 6.43. The highest BCUT2D eigenvalue weighted by Crippen LogP contribution is 2.11. The van der Waals surface area contributed by atoms with Gasteiger partial charge in [-0.1, -0.05) is 19.1 Å². The summed E-state index contributed by atoms with van der Waals surface area (Å²) in [4.78, 5) is 11.4. The molecule has 0 spiro atoms. The molecule has 1 rings (SSSR count). The van der Waals surface area contributed by atoms with Gasteiger partial charge in [-0.2, -0.15) is 5.10 Å². The van der Waals surface area contributed by atoms with Gasteiger partial charge in [0, 0.05) is 12.1 Å². The molecule has 5 nitrogen and oxygen atoms in total. The van der Waals surface area contributed by atoms with Crippen molar-refractivity contribution in [2.75, 3.05) is 5.32 Å². The van der Waals surface area contributed by atoms with Crippen LogP contribution in [-0.2, 0) is 4.79 Å². The Morgan fingerprint density at radius 1 is 1.37 bits per heavy atom. The van der Waals surface area contributed by atoms with E-state index in [0.29, 0.717) is 6.42 Å². The molecule has 1 amide bonds. The van der Waals surface area contributed by atoms with Gasteiger partial charge in [0.05, 0.1) is 5.71 Å². The Morgan fingerprint density at radius 2 is 2.00 bits per heavy atom. The molecular weight excluding hydrogens is 260 g/mol. The van der Waals surface area contributed by atoms with Crippen molar-refractivity contribution in [2.45, 2.75) is 26.7 Å². The molecule has 0 atom stereocenters. The van der Waals surface area contributed by atoms with Crippen LogP contribution >= 0.6 is 12.2 Å². The molecule has 0 unspecified atom stereocenters. The molecule has 0 saturated heterocycles. The van der Waals surface area contributed by atoms with Crippen molar-refractivity contribution in [3.05, 3.63) is 29.8 Å². The zero-order valence-corrected chi connectivity index (χ0v) is 11.9. The lowest BCUT2D eigenvalue weighted by Crippen LogP contribution is -2.25. The summed E-state index contributed by atoms with van der Waals surface area (Å²) in [5, 5.41) is 6.98. The van der Waals surface area contributed by atoms with Crippen molar-refractivity contribution in [3.8, 4) is 0 Å². The molecule has 0 aliphatic carbocycles. The third-order valence-corrected chi connectivity index (χ3v) is 2.49. The number of nitrogens with zero attached hydrogens (tertiary/aromatic N) is 1. The molecule has 0 aliphatic rings. The van der Waals surface area contributed by atoms with Gasteiger partial charge >= 0.3 is 0 Å². The van der Waals surface area contributed by atoms with Crippen LogP contribution in [0.15, 0.2) is 29.4 Å². The van der Waals surface area contributed by atoms with Crippen molar-refractivity contribution >= 4 is 34.6 Å². The second-order valence-corrected chi connectivity index (χ2v) is 4.49. The normalized spacial score (nSPS) is 10.9. The Labute approximate surface area is 118 Å². The van der Waals surface area contributed by atoms with Gasteiger partial charge in [-0.3, -0.25) is 10.2 Å². The Kier molecular flexibility index (Phi) is 5.95. The molecule has 0 aliphatic heterocycles. The number of anilines is 1. The number of rotatable bonds is 5. The molecule has 0 bridgehead atoms. The van der Waals surface area contributed by atoms with E-state index in [4.69, 9.17) is 5.73 Å². The van der Waals surface area contributed by atoms with Crippen LogP contribution in [0.3, 0.4) is 0 Å². The van der Waals surface area contributed by atoms with Crippen LogP contribution in [0.5, 0.6) is 0 Å². The minimum Gasteiger partial charge on any atom is -0.375 e. The lowest BCUT2D eigenvalue weighted by Gasteiger charge is -2.06. The van der Waals surface area contributed by atoms with Gasteiger partial charge < -0.3 is 11.1 Å². The summed E-state index contributed by atoms with van der Waals surface area (Å²) in [7, 11) is 0. The minimum atomic E-state index is 0.0239. The molecule has 0 fully saturated rings. The predicted molar refractivity (Wildman–Crippen MR) is 82.1 cm³/mol. The fourth-order valence-electron chi connectivity index (χ4n) is 1.45. The Hall–Kier alpha value is -1.95. The molecule has 4 N–H and O–H groups in total. The van der Waals surface area contributed by atoms with E-state index >= 15 is 0 Å². The van der Waals surface area contributed by atoms with E-state index in [2.05, 4.69) is 28.1 Å². The molecule has 0 aromatic heterocycles. The Balaban J connectivity index is 2.68. The van der Waals surface area contributed by atoms with Gasteiger partial charge in [-0.05, 0) is 43.3 Å². The number of carbonyl (C=O) groups is 1. The van der Waals surface area contributed by atoms with Crippen LogP contribution in [0.1, 0.15) is 32.3 Å². The number of hydrogen-bond acceptors (Lipinski definition) is 3. The lowest BCUT2D eigenvalue weighted by molar-refractivity contribution is -0.116. The summed E-state index contributed by atoms with van der Waals surface area (Å²) in [6, 6.07) is 7.43. The van der Waals surface area contributed by atoms with Crippen LogP contribution in [0.4, 0.5) is 5.69 Å². The summed E-state index contributed by atoms with van der Waals surface area (Å²) in [5.74, 6) is 0.0239. The van der Waals surface area contributed by atoms with Gasteiger partial charge in [0.2, 0.25) is 5.91 Å². The van der Waals surface area contributed by atoms with Gasteiger partial charge in [0.15, 0.2) is 5.11 Å². The van der Waals surface area contributed by atoms with Crippen LogP contribution < -0.4 is 16.5 Å². The summed E-state index contributed by atoms with van der Waals surface area (Å²) in [6.45, 7) is 3.81. The van der Waals surface area contributed by atoms with Gasteiger partial charge in [-0.15, -0.1) is 0 Å². The van der Waals surface area contributed by atoms with Crippen molar-refractivity contribution < 1.29 is 4.79 Å². The average molecular weight is 278 g/mol. The molecule has 0 saturated carbocycles. The number of nitrogens with one attached hydrogen (secondary N) is 2. The van der Waals surface area contributed by atoms with Crippen LogP contribution in [0.25, 0.3) is 0 Å². The first-order valence-electron chi connectivity index (χ1n) is 6.03. The molecule has 1 aromatic rings. The Morgan fingerprint density at radius 3 is 2.53 bits per heavy atom. The SMILES string of the molecule is CCCC(=O)Nc1ccc(C(C)=NNC(N)=S)cc1. The van der Waals surface area contributed by atoms with E-state index in [1.165, 1.54) is 0 Å². The van der Waals surface area contributed by atoms with Crippen LogP contribution in [-0.4, -0.2) is 16.7 Å². The number of amides is 1. The smallest absolute Gasteiger partial charge is 0.224 e. The standard InChI is InChI=1S/C13H18N4OS/c1-3-4-12(18)15-11-7-5-10(6-8-11)9(2)16-17-13(14)19/h5-8H,3-4H2,1-2H3,(H,15,18)(H3,14,17,19). The first-order chi connectivity index (χ1) is 9.02. The number of benzene rings is 1. The molecular formula is C13H18N4OS. The molecule has 0 heterocycles. The maximum absolute atomic E-state index is 11.4. The first kappa shape index (κ1) is 15.1. The summed E-state index contributed by atoms with van der Waals surface area (Å²) >= 11 is 4.67. The molecule has 0 radical (unpaired) electrons. The van der Waals surface area contributed by atoms with E-state index < -0.39 is 0 Å². The maximum atomic E-state index is 11.4. The summed E-state index contributed by atoms with van der Waals surface area (Å²) in [5.41, 5.74) is 10.3. The van der Waals surface area contributed by atoms with Gasteiger partial charge in [-0.25, -0.2) is 0 Å². The van der Waals surface area contributed by atoms with E-state index in [1.54, 1.807) is 0 Å². The number of thiocarbonyl (C=S) groups is 1. The highest BCUT2D eigenvalue weighted by atomic mass is 32.1. The van der Waals surface area contributed by atoms with E-state index in [1.807, 2.05) is 38.1 Å². The van der Waals surface area contributed by atoms with Crippen molar-refractivity contribution in [2.24, 2.45) is 10.8 Å². The van der Waals surface area contributed by atoms with Crippen molar-refractivity contribution in [1.29, 1.82) is 0 Å². The minimum absolute atomic E-state index is 0.0239. The highest BCUT2D eigenvalue weighted by molar-refractivity contribution is 7.80. The van der Waals surface area contributed by atoms with E-state index in [0.717, 1.165) is 23.4 Å². The van der Waals surface area contributed by atoms with Gasteiger partial charge in [0.25, 0.3) is 0 Å². The highest BCUT2D eigenvalue weighted by Gasteiger charge is 2.02. The Bertz CT molecular complexity index is 482. The number of hydrogen-bond donors (Lipinski definition) is 3. The largest absolute Gasteiger partial charge is 0.375 e. The number of hydrazone groups is 1. The van der Waals surface area contributed by atoms with Crippen LogP contribution in [0, 0.1) is 0 Å². The number of carbonyl (C=O) groups excluding carboxylic acids is 1. The fraction of sp³-hybridized carbons (Fsp3) is 0.308. The predicted octanol–water partition coefficient (Wildman–Crippen LogP) is 1.98. The zero-order valence-electron chi connectivity index (χ0n) is 11.1. The summed E-state index contributed by atoms with van der Waals surface area (Å²) in [6.07, 6.45) is 1.36. The quantitative estimate of drug-likeness (QED) is 0.437. The zero-order chi connectivity index (χ0) is 14.3. The van der Waals surface area contributed by atoms with Crippen LogP contribution in [0.2, 0.25) is 0 Å². The average Bonchev–Trinajstić information content (AvgIpc) is 2.37. The molecule has 1 aromatic carbocycles. The lowest BCUT2D eigenvalue weighted by atomic mass is 10.1. The van der Waals surface area contributed by atoms with Crippen molar-refractivity contribution in [3.63, 3.8) is 0 Å². The third-order valence-electron chi connectivity index (χ3n) is 2.40. The second-order valence-electron chi connectivity index (χ2n) is 4.05. The molecule has 19 heavy (non-hydrogen) atoms. The number of nitrogens with two attached hydrogens (primary N) is 1. The van der Waals surface area contributed by atoms with E-state index in [9.17, 15) is 4.79 Å². The van der Waals surface area contributed by atoms with Crippen molar-refractivity contribution in [1.82, 2.24) is 5.43 Å². The second kappa shape index (κ2) is 7.48. The maximum Gasteiger partial charge on any atom is 0.224 e. The molecule has 102 valence electrons. The third kappa shape index (κ3) is 5.48. The topological polar surface area (TPSA) is 79.5 Å². The van der Waals surface area contributed by atoms with E-state index in [-0.39, 0.29) is 11.0 Å². The fourth-order valence-corrected chi connectivity index (χ4v) is 1.49. The monoisotopic (exact) mass is 278 g/mol. The summed E-state index contributed by atoms with van der Waals surface area (Å²) < 4.78 is 0. The molecule has 6 heteroatoms.